The van der Waals surface area contributed by atoms with E-state index in [0.29, 0.717) is 29.7 Å². The number of ether oxygens (including phenoxy) is 3. The fraction of sp³-hybridized carbons (Fsp3) is 0.920. The Morgan fingerprint density at radius 2 is 1.61 bits per heavy atom. The highest BCUT2D eigenvalue weighted by Gasteiger charge is 2.50. The van der Waals surface area contributed by atoms with E-state index in [4.69, 9.17) is 18.6 Å². The fourth-order valence-corrected chi connectivity index (χ4v) is 11.1. The summed E-state index contributed by atoms with van der Waals surface area (Å²) in [5.41, 5.74) is 0.689. The van der Waals surface area contributed by atoms with Crippen molar-refractivity contribution in [3.63, 3.8) is 0 Å². The Hall–Kier alpha value is -0.803. The van der Waals surface area contributed by atoms with E-state index in [0.717, 1.165) is 0 Å². The minimum absolute atomic E-state index is 0.00567. The van der Waals surface area contributed by atoms with Crippen LogP contribution in [0.4, 0.5) is 0 Å². The third-order valence-corrected chi connectivity index (χ3v) is 13.1. The zero-order valence-electron chi connectivity index (χ0n) is 22.1. The van der Waals surface area contributed by atoms with Crippen LogP contribution in [0, 0.1) is 5.41 Å². The molecule has 0 amide bonds. The first-order valence-corrected chi connectivity index (χ1v) is 14.6. The van der Waals surface area contributed by atoms with Crippen molar-refractivity contribution in [1.29, 1.82) is 0 Å². The molecule has 0 aromatic carbocycles. The Labute approximate surface area is 201 Å². The molecule has 0 aromatic rings. The van der Waals surface area contributed by atoms with E-state index in [1.165, 1.54) is 0 Å². The second kappa shape index (κ2) is 10.9. The largest absolute Gasteiger partial charge is 0.463 e. The van der Waals surface area contributed by atoms with Gasteiger partial charge in [0, 0.05) is 19.3 Å². The standard InChI is InChI=1S/C25H46O7Si/c1-16(2)33(17(3)4,18(5)6)30-15-22-11-20(27)13-25(32-22)12-19(26)10-21(31-25)14-29-23(28)24(7,8)9/h16-18,20-22,27H,10-15H2,1-9H3/t20-,21-,22+,25+/m0/s1. The molecular weight excluding hydrogens is 440 g/mol. The first kappa shape index (κ1) is 28.4. The molecule has 33 heavy (non-hydrogen) atoms. The summed E-state index contributed by atoms with van der Waals surface area (Å²) in [7, 11) is -2.09. The summed E-state index contributed by atoms with van der Waals surface area (Å²) in [6.07, 6.45) is -0.665. The molecule has 2 fully saturated rings. The van der Waals surface area contributed by atoms with E-state index in [2.05, 4.69) is 41.5 Å². The number of rotatable bonds is 8. The summed E-state index contributed by atoms with van der Waals surface area (Å²) >= 11 is 0. The monoisotopic (exact) mass is 486 g/mol. The van der Waals surface area contributed by atoms with Crippen LogP contribution >= 0.6 is 0 Å². The van der Waals surface area contributed by atoms with Crippen LogP contribution in [0.3, 0.4) is 0 Å². The lowest BCUT2D eigenvalue weighted by atomic mass is 9.90. The van der Waals surface area contributed by atoms with Crippen molar-refractivity contribution in [2.45, 2.75) is 129 Å². The van der Waals surface area contributed by atoms with Gasteiger partial charge in [-0.25, -0.2) is 0 Å². The predicted molar refractivity (Wildman–Crippen MR) is 129 cm³/mol. The molecule has 0 aromatic heterocycles. The van der Waals surface area contributed by atoms with Crippen LogP contribution in [-0.4, -0.2) is 62.5 Å². The summed E-state index contributed by atoms with van der Waals surface area (Å²) in [6, 6.07) is 0. The van der Waals surface area contributed by atoms with E-state index in [1.807, 2.05) is 0 Å². The van der Waals surface area contributed by atoms with Crippen molar-refractivity contribution in [3.8, 4) is 0 Å². The number of carbonyl (C=O) groups is 2. The Morgan fingerprint density at radius 3 is 2.12 bits per heavy atom. The van der Waals surface area contributed by atoms with Crippen molar-refractivity contribution in [1.82, 2.24) is 0 Å². The average molecular weight is 487 g/mol. The lowest BCUT2D eigenvalue weighted by molar-refractivity contribution is -0.324. The summed E-state index contributed by atoms with van der Waals surface area (Å²) in [4.78, 5) is 24.7. The normalized spacial score (nSPS) is 29.4. The van der Waals surface area contributed by atoms with Gasteiger partial charge in [-0.1, -0.05) is 41.5 Å². The smallest absolute Gasteiger partial charge is 0.311 e. The maximum atomic E-state index is 12.6. The van der Waals surface area contributed by atoms with Crippen LogP contribution in [-0.2, 0) is 28.2 Å². The Bertz CT molecular complexity index is 663. The minimum atomic E-state index is -2.09. The fourth-order valence-electron chi connectivity index (χ4n) is 5.67. The lowest BCUT2D eigenvalue weighted by Gasteiger charge is -2.48. The van der Waals surface area contributed by atoms with Gasteiger partial charge in [0.1, 0.15) is 18.5 Å². The molecule has 0 bridgehead atoms. The molecule has 0 saturated carbocycles. The van der Waals surface area contributed by atoms with Gasteiger partial charge in [-0.3, -0.25) is 9.59 Å². The molecule has 2 aliphatic heterocycles. The molecule has 7 nitrogen and oxygen atoms in total. The molecular formula is C25H46O7Si. The topological polar surface area (TPSA) is 91.3 Å². The van der Waals surface area contributed by atoms with Gasteiger partial charge < -0.3 is 23.7 Å². The van der Waals surface area contributed by atoms with E-state index in [-0.39, 0.29) is 43.7 Å². The number of ketones is 1. The van der Waals surface area contributed by atoms with Gasteiger partial charge in [0.2, 0.25) is 0 Å². The molecule has 1 spiro atoms. The minimum Gasteiger partial charge on any atom is -0.463 e. The molecule has 2 heterocycles. The number of aliphatic hydroxyl groups excluding tert-OH is 1. The predicted octanol–water partition coefficient (Wildman–Crippen LogP) is 4.75. The molecule has 2 saturated heterocycles. The third kappa shape index (κ3) is 6.87. The van der Waals surface area contributed by atoms with Gasteiger partial charge in [0.15, 0.2) is 14.1 Å². The van der Waals surface area contributed by atoms with Crippen LogP contribution in [0.25, 0.3) is 0 Å². The lowest BCUT2D eigenvalue weighted by Crippen LogP contribution is -2.56. The SMILES string of the molecule is CC(C)[Si](OC[C@H]1C[C@H](O)C[C@@]2(CC(=O)C[C@@H](COC(=O)C(C)(C)C)O2)O1)(C(C)C)C(C)C. The third-order valence-electron chi connectivity index (χ3n) is 7.01. The van der Waals surface area contributed by atoms with E-state index in [9.17, 15) is 14.7 Å². The highest BCUT2D eigenvalue weighted by Crippen LogP contribution is 2.44. The molecule has 0 radical (unpaired) electrons. The van der Waals surface area contributed by atoms with Crippen molar-refractivity contribution >= 4 is 20.1 Å². The molecule has 8 heteroatoms. The van der Waals surface area contributed by atoms with Crippen LogP contribution < -0.4 is 0 Å². The molecule has 192 valence electrons. The van der Waals surface area contributed by atoms with Gasteiger partial charge >= 0.3 is 5.97 Å². The van der Waals surface area contributed by atoms with E-state index in [1.54, 1.807) is 20.8 Å². The molecule has 0 aliphatic carbocycles. The second-order valence-corrected chi connectivity index (χ2v) is 17.3. The van der Waals surface area contributed by atoms with Crippen LogP contribution in [0.5, 0.6) is 0 Å². The number of aliphatic hydroxyl groups is 1. The van der Waals surface area contributed by atoms with Crippen LogP contribution in [0.1, 0.15) is 88.0 Å². The Morgan fingerprint density at radius 1 is 1.06 bits per heavy atom. The molecule has 2 aliphatic rings. The summed E-state index contributed by atoms with van der Waals surface area (Å²) < 4.78 is 24.6. The number of Topliss-reactive ketones (excluding diaryl/α,β-unsaturated/α-hetero) is 1. The number of hydrogen-bond donors (Lipinski definition) is 1. The number of carbonyl (C=O) groups excluding carboxylic acids is 2. The first-order valence-electron chi connectivity index (χ1n) is 12.5. The number of esters is 1. The van der Waals surface area contributed by atoms with Gasteiger partial charge in [-0.15, -0.1) is 0 Å². The van der Waals surface area contributed by atoms with Gasteiger partial charge in [-0.05, 0) is 37.4 Å². The highest BCUT2D eigenvalue weighted by atomic mass is 28.4. The molecule has 4 atom stereocenters. The van der Waals surface area contributed by atoms with E-state index >= 15 is 0 Å². The van der Waals surface area contributed by atoms with Crippen molar-refractivity contribution in [3.05, 3.63) is 0 Å². The maximum absolute atomic E-state index is 12.6. The van der Waals surface area contributed by atoms with Crippen molar-refractivity contribution in [2.75, 3.05) is 13.2 Å². The van der Waals surface area contributed by atoms with Gasteiger partial charge in [-0.2, -0.15) is 0 Å². The molecule has 0 unspecified atom stereocenters. The summed E-state index contributed by atoms with van der Waals surface area (Å²) in [6.45, 7) is 19.1. The highest BCUT2D eigenvalue weighted by molar-refractivity contribution is 6.77. The Balaban J connectivity index is 2.11. The van der Waals surface area contributed by atoms with Gasteiger partial charge in [0.05, 0.1) is 30.7 Å². The summed E-state index contributed by atoms with van der Waals surface area (Å²) in [5.74, 6) is -1.55. The average Bonchev–Trinajstić information content (AvgIpc) is 2.63. The maximum Gasteiger partial charge on any atom is 0.311 e. The Kier molecular flexibility index (Phi) is 9.35. The second-order valence-electron chi connectivity index (χ2n) is 11.9. The van der Waals surface area contributed by atoms with Gasteiger partial charge in [0.25, 0.3) is 0 Å². The number of hydrogen-bond acceptors (Lipinski definition) is 7. The van der Waals surface area contributed by atoms with Crippen molar-refractivity contribution < 1.29 is 33.3 Å². The van der Waals surface area contributed by atoms with Crippen LogP contribution in [0.2, 0.25) is 16.6 Å². The zero-order chi connectivity index (χ0) is 25.2. The quantitative estimate of drug-likeness (QED) is 0.391. The first-order chi connectivity index (χ1) is 15.1. The molecule has 1 N–H and O–H groups in total. The zero-order valence-corrected chi connectivity index (χ0v) is 23.1. The van der Waals surface area contributed by atoms with Crippen molar-refractivity contribution in [2.24, 2.45) is 5.41 Å². The molecule has 2 rings (SSSR count). The summed E-state index contributed by atoms with van der Waals surface area (Å²) in [5, 5.41) is 10.7. The van der Waals surface area contributed by atoms with E-state index < -0.39 is 31.7 Å². The van der Waals surface area contributed by atoms with Crippen LogP contribution in [0.15, 0.2) is 0 Å².